The number of unbranched alkanes of at least 4 members (excludes halogenated alkanes) is 1. The highest BCUT2D eigenvalue weighted by molar-refractivity contribution is 8.00. The second-order valence-corrected chi connectivity index (χ2v) is 20.9. The number of likely N-dealkylation sites (tertiary alicyclic amines) is 1. The van der Waals surface area contributed by atoms with Gasteiger partial charge in [-0.15, -0.1) is 0 Å². The number of thioether (sulfide) groups is 1. The molecule has 3 aromatic carbocycles. The quantitative estimate of drug-likeness (QED) is 0.0260. The maximum Gasteiger partial charge on any atom is 0.315 e. The molecule has 3 fully saturated rings. The Morgan fingerprint density at radius 3 is 1.78 bits per heavy atom. The van der Waals surface area contributed by atoms with Gasteiger partial charge in [0.15, 0.2) is 5.78 Å². The molecule has 20 heteroatoms. The topological polar surface area (TPSA) is 194 Å². The van der Waals surface area contributed by atoms with E-state index in [2.05, 4.69) is 26.6 Å². The summed E-state index contributed by atoms with van der Waals surface area (Å²) in [7, 11) is 0. The standard InChI is InChI=1S/C53H64Cl4N6O9S/c54-40-17-15-36(29-42(40)56)27-38-32-63(33-39(51(38)67)28-37-16-18-41(55)43(57)30-37)52(68)44(31-35-9-2-1-3-10-35)60-49(66)14-6-13-48(65)59-20-8-22-71-24-26-72-25-23-70-21-7-19-58-47(64)12-5-4-11-46-50-45(34-73-46)61-53(69)62-50/h1-3,9-10,15-18,27-30,44-46,50H,4-8,11-14,19-26,31-34H2,(H,58,64)(H,59,65)(H,60,66)(H2,61,62,69)/b38-27+,39-28+/t44-,45?,46-,50?/m0/s1. The molecule has 6 rings (SSSR count). The van der Waals surface area contributed by atoms with Gasteiger partial charge in [-0.1, -0.05) is 95.3 Å². The van der Waals surface area contributed by atoms with Gasteiger partial charge in [-0.05, 0) is 85.2 Å². The van der Waals surface area contributed by atoms with Crippen molar-refractivity contribution in [3.8, 4) is 0 Å². The molecular weight excluding hydrogens is 1040 g/mol. The number of hydrogen-bond acceptors (Lipinski definition) is 10. The van der Waals surface area contributed by atoms with Crippen LogP contribution in [0.25, 0.3) is 12.2 Å². The molecule has 6 amide bonds. The Labute approximate surface area is 451 Å². The van der Waals surface area contributed by atoms with E-state index in [1.807, 2.05) is 42.1 Å². The lowest BCUT2D eigenvalue weighted by molar-refractivity contribution is -0.136. The normalized spacial score (nSPS) is 18.8. The highest BCUT2D eigenvalue weighted by atomic mass is 35.5. The van der Waals surface area contributed by atoms with Crippen molar-refractivity contribution in [1.29, 1.82) is 0 Å². The van der Waals surface area contributed by atoms with E-state index < -0.39 is 6.04 Å². The second-order valence-electron chi connectivity index (χ2n) is 18.0. The SMILES string of the molecule is O=C(CCCC[C@@H]1SCC2NC(=O)NC21)NCCCOCCOCCOCCCNC(=O)CCCC(=O)N[C@@H](Cc1ccccc1)C(=O)N1C/C(=C\c2ccc(Cl)c(Cl)c2)C(=O)/C(=C/c2ccc(Cl)c(Cl)c2)C1. The van der Waals surface area contributed by atoms with Crippen molar-refractivity contribution in [3.05, 3.63) is 115 Å². The van der Waals surface area contributed by atoms with Crippen LogP contribution in [0, 0.1) is 0 Å². The Morgan fingerprint density at radius 2 is 1.21 bits per heavy atom. The lowest BCUT2D eigenvalue weighted by Crippen LogP contribution is -2.52. The molecule has 2 unspecified atom stereocenters. The molecular formula is C53H64Cl4N6O9S. The van der Waals surface area contributed by atoms with Gasteiger partial charge in [0.2, 0.25) is 23.6 Å². The first-order valence-corrected chi connectivity index (χ1v) is 27.3. The van der Waals surface area contributed by atoms with Crippen LogP contribution in [-0.2, 0) is 44.6 Å². The van der Waals surface area contributed by atoms with Crippen molar-refractivity contribution in [2.24, 2.45) is 0 Å². The Bertz CT molecular complexity index is 2360. The van der Waals surface area contributed by atoms with Crippen LogP contribution in [0.3, 0.4) is 0 Å². The van der Waals surface area contributed by atoms with E-state index in [-0.39, 0.29) is 86.3 Å². The zero-order valence-electron chi connectivity index (χ0n) is 40.7. The van der Waals surface area contributed by atoms with Crippen LogP contribution in [0.15, 0.2) is 77.9 Å². The second kappa shape index (κ2) is 30.7. The molecule has 394 valence electrons. The fourth-order valence-electron chi connectivity index (χ4n) is 8.54. The smallest absolute Gasteiger partial charge is 0.315 e. The van der Waals surface area contributed by atoms with E-state index in [1.54, 1.807) is 53.5 Å². The first kappa shape index (κ1) is 57.6. The Kier molecular flexibility index (Phi) is 24.2. The molecule has 3 aliphatic rings. The minimum absolute atomic E-state index is 0.0204. The average molecular weight is 1100 g/mol. The third-order valence-electron chi connectivity index (χ3n) is 12.3. The van der Waals surface area contributed by atoms with Crippen molar-refractivity contribution in [1.82, 2.24) is 31.5 Å². The lowest BCUT2D eigenvalue weighted by Gasteiger charge is -2.33. The first-order valence-electron chi connectivity index (χ1n) is 24.8. The van der Waals surface area contributed by atoms with Gasteiger partial charge >= 0.3 is 6.03 Å². The fraction of sp³-hybridized carbons (Fsp3) is 0.472. The van der Waals surface area contributed by atoms with Gasteiger partial charge in [-0.25, -0.2) is 4.79 Å². The number of nitrogens with one attached hydrogen (secondary N) is 5. The molecule has 0 aliphatic carbocycles. The van der Waals surface area contributed by atoms with E-state index in [0.29, 0.717) is 120 Å². The molecule has 5 N–H and O–H groups in total. The predicted molar refractivity (Wildman–Crippen MR) is 288 cm³/mol. The van der Waals surface area contributed by atoms with Crippen LogP contribution in [0.5, 0.6) is 0 Å². The summed E-state index contributed by atoms with van der Waals surface area (Å²) in [6.07, 6.45) is 8.55. The molecule has 3 aromatic rings. The Morgan fingerprint density at radius 1 is 0.658 bits per heavy atom. The third kappa shape index (κ3) is 19.5. The third-order valence-corrected chi connectivity index (χ3v) is 15.3. The molecule has 0 aromatic heterocycles. The summed E-state index contributed by atoms with van der Waals surface area (Å²) < 4.78 is 16.8. The summed E-state index contributed by atoms with van der Waals surface area (Å²) in [5.41, 5.74) is 2.75. The van der Waals surface area contributed by atoms with Gasteiger partial charge in [-0.3, -0.25) is 24.0 Å². The Balaban J connectivity index is 0.830. The highest BCUT2D eigenvalue weighted by Gasteiger charge is 2.42. The number of piperidine rings is 1. The van der Waals surface area contributed by atoms with E-state index in [4.69, 9.17) is 60.6 Å². The molecule has 4 atom stereocenters. The minimum atomic E-state index is -0.967. The molecule has 3 heterocycles. The highest BCUT2D eigenvalue weighted by Crippen LogP contribution is 2.33. The number of rotatable bonds is 29. The minimum Gasteiger partial charge on any atom is -0.379 e. The van der Waals surface area contributed by atoms with Crippen LogP contribution in [0.4, 0.5) is 4.79 Å². The van der Waals surface area contributed by atoms with Gasteiger partial charge in [0.05, 0.1) is 58.6 Å². The maximum atomic E-state index is 14.5. The zero-order chi connectivity index (χ0) is 52.0. The molecule has 3 aliphatic heterocycles. The number of carbonyl (C=O) groups is 6. The predicted octanol–water partition coefficient (Wildman–Crippen LogP) is 7.86. The molecule has 3 saturated heterocycles. The summed E-state index contributed by atoms with van der Waals surface area (Å²) in [5.74, 6) is -0.231. The molecule has 15 nitrogen and oxygen atoms in total. The number of amides is 6. The number of urea groups is 1. The van der Waals surface area contributed by atoms with Crippen LogP contribution >= 0.6 is 58.2 Å². The summed E-state index contributed by atoms with van der Waals surface area (Å²) in [6, 6.07) is 18.7. The molecule has 73 heavy (non-hydrogen) atoms. The Hall–Kier alpha value is -4.65. The van der Waals surface area contributed by atoms with Gasteiger partial charge in [-0.2, -0.15) is 11.8 Å². The molecule has 0 bridgehead atoms. The van der Waals surface area contributed by atoms with Gasteiger partial charge in [0.1, 0.15) is 6.04 Å². The van der Waals surface area contributed by atoms with Crippen molar-refractivity contribution in [2.45, 2.75) is 87.6 Å². The first-order chi connectivity index (χ1) is 35.3. The number of hydrogen-bond donors (Lipinski definition) is 5. The molecule has 0 saturated carbocycles. The van der Waals surface area contributed by atoms with E-state index in [1.165, 1.54) is 0 Å². The van der Waals surface area contributed by atoms with Crippen LogP contribution in [0.2, 0.25) is 20.1 Å². The fourth-order valence-corrected chi connectivity index (χ4v) is 10.7. The number of benzene rings is 3. The number of Topliss-reactive ketones (excluding diaryl/α,β-unsaturated/α-hetero) is 1. The summed E-state index contributed by atoms with van der Waals surface area (Å²) in [4.78, 5) is 79.7. The maximum absolute atomic E-state index is 14.5. The summed E-state index contributed by atoms with van der Waals surface area (Å²) in [5, 5.41) is 16.4. The van der Waals surface area contributed by atoms with Crippen molar-refractivity contribution in [3.63, 3.8) is 0 Å². The largest absolute Gasteiger partial charge is 0.379 e. The van der Waals surface area contributed by atoms with Crippen molar-refractivity contribution < 1.29 is 43.0 Å². The van der Waals surface area contributed by atoms with E-state index in [0.717, 1.165) is 30.6 Å². The lowest BCUT2D eigenvalue weighted by atomic mass is 9.93. The number of halogens is 4. The number of ether oxygens (including phenoxy) is 3. The van der Waals surface area contributed by atoms with Crippen molar-refractivity contribution in [2.75, 3.05) is 71.6 Å². The number of carbonyl (C=O) groups excluding carboxylic acids is 6. The van der Waals surface area contributed by atoms with Crippen molar-refractivity contribution >= 4 is 106 Å². The van der Waals surface area contributed by atoms with Crippen LogP contribution < -0.4 is 26.6 Å². The molecule has 0 spiro atoms. The monoisotopic (exact) mass is 1100 g/mol. The zero-order valence-corrected chi connectivity index (χ0v) is 44.5. The average Bonchev–Trinajstić information content (AvgIpc) is 3.93. The van der Waals surface area contributed by atoms with Crippen LogP contribution in [-0.4, -0.2) is 135 Å². The van der Waals surface area contributed by atoms with Gasteiger partial charge in [0.25, 0.3) is 0 Å². The van der Waals surface area contributed by atoms with Crippen LogP contribution in [0.1, 0.15) is 74.5 Å². The number of ketones is 1. The number of nitrogens with zero attached hydrogens (tertiary/aromatic N) is 1. The summed E-state index contributed by atoms with van der Waals surface area (Å²) in [6.45, 7) is 3.56. The van der Waals surface area contributed by atoms with E-state index >= 15 is 0 Å². The summed E-state index contributed by atoms with van der Waals surface area (Å²) >= 11 is 26.8. The van der Waals surface area contributed by atoms with Gasteiger partial charge < -0.3 is 45.7 Å². The van der Waals surface area contributed by atoms with E-state index in [9.17, 15) is 28.8 Å². The molecule has 0 radical (unpaired) electrons. The van der Waals surface area contributed by atoms with Gasteiger partial charge in [0, 0.05) is 87.2 Å². The number of fused-ring (bicyclic) bond motifs is 1.